The van der Waals surface area contributed by atoms with Crippen molar-refractivity contribution >= 4 is 12.4 Å². The number of phenols is 1. The van der Waals surface area contributed by atoms with Gasteiger partial charge in [0, 0.05) is 6.54 Å². The van der Waals surface area contributed by atoms with Gasteiger partial charge in [0.05, 0.1) is 0 Å². The molecule has 0 saturated heterocycles. The predicted molar refractivity (Wildman–Crippen MR) is 54.6 cm³/mol. The van der Waals surface area contributed by atoms with Crippen LogP contribution >= 0.6 is 12.4 Å². The molecule has 0 aromatic heterocycles. The number of aromatic hydroxyl groups is 1. The minimum atomic E-state index is 0. The maximum atomic E-state index is 9.35. The first-order chi connectivity index (χ1) is 5.75. The van der Waals surface area contributed by atoms with Crippen LogP contribution < -0.4 is 10.5 Å². The first-order valence-electron chi connectivity index (χ1n) is 3.87. The Morgan fingerprint density at radius 2 is 2.15 bits per heavy atom. The fourth-order valence-corrected chi connectivity index (χ4v) is 0.986. The highest BCUT2D eigenvalue weighted by Crippen LogP contribution is 2.28. The van der Waals surface area contributed by atoms with Crippen molar-refractivity contribution in [1.82, 2.24) is 0 Å². The zero-order valence-corrected chi connectivity index (χ0v) is 8.30. The van der Waals surface area contributed by atoms with E-state index in [1.807, 2.05) is 13.0 Å². The summed E-state index contributed by atoms with van der Waals surface area (Å²) in [5, 5.41) is 9.35. The number of phenolic OH excluding ortho intramolecular Hbond substituents is 1. The summed E-state index contributed by atoms with van der Waals surface area (Å²) in [4.78, 5) is 0. The van der Waals surface area contributed by atoms with Gasteiger partial charge in [0.25, 0.3) is 0 Å². The van der Waals surface area contributed by atoms with Gasteiger partial charge in [-0.05, 0) is 18.6 Å². The van der Waals surface area contributed by atoms with Crippen molar-refractivity contribution in [3.05, 3.63) is 23.8 Å². The molecule has 3 nitrogen and oxygen atoms in total. The molecule has 0 aliphatic rings. The third-order valence-electron chi connectivity index (χ3n) is 1.56. The van der Waals surface area contributed by atoms with Gasteiger partial charge < -0.3 is 15.6 Å². The van der Waals surface area contributed by atoms with E-state index in [1.54, 1.807) is 12.1 Å². The van der Waals surface area contributed by atoms with Crippen molar-refractivity contribution in [2.45, 2.75) is 6.92 Å². The number of rotatable bonds is 3. The zero-order chi connectivity index (χ0) is 8.97. The molecule has 74 valence electrons. The lowest BCUT2D eigenvalue weighted by Crippen LogP contribution is -2.11. The summed E-state index contributed by atoms with van der Waals surface area (Å²) in [6.45, 7) is 2.76. The third kappa shape index (κ3) is 3.13. The Morgan fingerprint density at radius 1 is 1.46 bits per heavy atom. The highest BCUT2D eigenvalue weighted by molar-refractivity contribution is 5.85. The number of para-hydroxylation sites is 1. The molecule has 0 saturated carbocycles. The van der Waals surface area contributed by atoms with Crippen LogP contribution in [-0.4, -0.2) is 18.3 Å². The average Bonchev–Trinajstić information content (AvgIpc) is 2.04. The lowest BCUT2D eigenvalue weighted by molar-refractivity contribution is 0.306. The van der Waals surface area contributed by atoms with E-state index in [2.05, 4.69) is 0 Å². The van der Waals surface area contributed by atoms with Gasteiger partial charge in [0.1, 0.15) is 6.61 Å². The molecule has 0 bridgehead atoms. The molecular weight excluding hydrogens is 190 g/mol. The predicted octanol–water partition coefficient (Wildman–Crippen LogP) is 1.46. The largest absolute Gasteiger partial charge is 0.504 e. The van der Waals surface area contributed by atoms with Crippen molar-refractivity contribution < 1.29 is 9.84 Å². The van der Waals surface area contributed by atoms with Crippen molar-refractivity contribution in [1.29, 1.82) is 0 Å². The Hall–Kier alpha value is -0.930. The van der Waals surface area contributed by atoms with Gasteiger partial charge in [0.2, 0.25) is 0 Å². The summed E-state index contributed by atoms with van der Waals surface area (Å²) in [6, 6.07) is 5.25. The van der Waals surface area contributed by atoms with Crippen LogP contribution in [0.1, 0.15) is 5.56 Å². The maximum Gasteiger partial charge on any atom is 0.163 e. The Balaban J connectivity index is 0.00000144. The smallest absolute Gasteiger partial charge is 0.163 e. The molecule has 0 spiro atoms. The van der Waals surface area contributed by atoms with E-state index in [9.17, 15) is 5.11 Å². The normalized spacial score (nSPS) is 9.08. The van der Waals surface area contributed by atoms with E-state index in [1.165, 1.54) is 0 Å². The minimum absolute atomic E-state index is 0. The molecule has 13 heavy (non-hydrogen) atoms. The highest BCUT2D eigenvalue weighted by atomic mass is 35.5. The molecule has 1 rings (SSSR count). The molecule has 0 amide bonds. The van der Waals surface area contributed by atoms with Gasteiger partial charge in [-0.1, -0.05) is 12.1 Å². The molecule has 1 aromatic rings. The molecule has 0 atom stereocenters. The second-order valence-electron chi connectivity index (χ2n) is 2.56. The molecule has 0 unspecified atom stereocenters. The standard InChI is InChI=1S/C9H13NO2.ClH/c1-7-3-2-4-8(11)9(7)12-6-5-10;/h2-4,11H,5-6,10H2,1H3;1H. The Kier molecular flexibility index (Phi) is 5.26. The van der Waals surface area contributed by atoms with Crippen LogP contribution in [-0.2, 0) is 0 Å². The lowest BCUT2D eigenvalue weighted by atomic mass is 10.2. The van der Waals surface area contributed by atoms with Crippen molar-refractivity contribution in [2.24, 2.45) is 5.73 Å². The number of hydrogen-bond acceptors (Lipinski definition) is 3. The van der Waals surface area contributed by atoms with E-state index in [0.717, 1.165) is 5.56 Å². The van der Waals surface area contributed by atoms with E-state index in [-0.39, 0.29) is 18.2 Å². The van der Waals surface area contributed by atoms with E-state index >= 15 is 0 Å². The van der Waals surface area contributed by atoms with E-state index in [4.69, 9.17) is 10.5 Å². The molecule has 0 radical (unpaired) electrons. The third-order valence-corrected chi connectivity index (χ3v) is 1.56. The fourth-order valence-electron chi connectivity index (χ4n) is 0.986. The lowest BCUT2D eigenvalue weighted by Gasteiger charge is -2.08. The van der Waals surface area contributed by atoms with Crippen molar-refractivity contribution in [3.63, 3.8) is 0 Å². The van der Waals surface area contributed by atoms with Gasteiger partial charge in [-0.3, -0.25) is 0 Å². The summed E-state index contributed by atoms with van der Waals surface area (Å²) in [5.41, 5.74) is 6.19. The van der Waals surface area contributed by atoms with Crippen LogP contribution in [0.4, 0.5) is 0 Å². The summed E-state index contributed by atoms with van der Waals surface area (Å²) in [6.07, 6.45) is 0. The summed E-state index contributed by atoms with van der Waals surface area (Å²) < 4.78 is 5.24. The Bertz CT molecular complexity index is 246. The zero-order valence-electron chi connectivity index (χ0n) is 7.49. The second kappa shape index (κ2) is 5.67. The van der Waals surface area contributed by atoms with Gasteiger partial charge in [-0.15, -0.1) is 12.4 Å². The number of ether oxygens (including phenoxy) is 1. The summed E-state index contributed by atoms with van der Waals surface area (Å²) >= 11 is 0. The molecule has 0 fully saturated rings. The fraction of sp³-hybridized carbons (Fsp3) is 0.333. The maximum absolute atomic E-state index is 9.35. The molecule has 0 aliphatic heterocycles. The SMILES string of the molecule is Cc1cccc(O)c1OCCN.Cl. The number of halogens is 1. The monoisotopic (exact) mass is 203 g/mol. The van der Waals surface area contributed by atoms with Gasteiger partial charge in [0.15, 0.2) is 11.5 Å². The van der Waals surface area contributed by atoms with Gasteiger partial charge in [-0.25, -0.2) is 0 Å². The molecule has 1 aromatic carbocycles. The van der Waals surface area contributed by atoms with Crippen LogP contribution in [0.25, 0.3) is 0 Å². The molecule has 4 heteroatoms. The van der Waals surface area contributed by atoms with Crippen molar-refractivity contribution in [3.8, 4) is 11.5 Å². The van der Waals surface area contributed by atoms with Crippen LogP contribution in [0, 0.1) is 6.92 Å². The second-order valence-corrected chi connectivity index (χ2v) is 2.56. The van der Waals surface area contributed by atoms with Crippen LogP contribution in [0.2, 0.25) is 0 Å². The molecule has 3 N–H and O–H groups in total. The average molecular weight is 204 g/mol. The number of hydrogen-bond donors (Lipinski definition) is 2. The van der Waals surface area contributed by atoms with Gasteiger partial charge in [-0.2, -0.15) is 0 Å². The number of benzene rings is 1. The summed E-state index contributed by atoms with van der Waals surface area (Å²) in [7, 11) is 0. The molecule has 0 heterocycles. The first-order valence-corrected chi connectivity index (χ1v) is 3.87. The van der Waals surface area contributed by atoms with E-state index < -0.39 is 0 Å². The first kappa shape index (κ1) is 12.1. The van der Waals surface area contributed by atoms with Crippen molar-refractivity contribution in [2.75, 3.05) is 13.2 Å². The quantitative estimate of drug-likeness (QED) is 0.782. The highest BCUT2D eigenvalue weighted by Gasteiger charge is 2.03. The van der Waals surface area contributed by atoms with Gasteiger partial charge >= 0.3 is 0 Å². The van der Waals surface area contributed by atoms with E-state index in [0.29, 0.717) is 18.9 Å². The topological polar surface area (TPSA) is 55.5 Å². The minimum Gasteiger partial charge on any atom is -0.504 e. The van der Waals surface area contributed by atoms with Crippen LogP contribution in [0.3, 0.4) is 0 Å². The Labute approximate surface area is 83.9 Å². The number of nitrogens with two attached hydrogens (primary N) is 1. The van der Waals surface area contributed by atoms with Crippen LogP contribution in [0.5, 0.6) is 11.5 Å². The Morgan fingerprint density at radius 3 is 2.69 bits per heavy atom. The summed E-state index contributed by atoms with van der Waals surface area (Å²) in [5.74, 6) is 0.700. The molecule has 0 aliphatic carbocycles. The number of aryl methyl sites for hydroxylation is 1. The molecular formula is C9H14ClNO2. The van der Waals surface area contributed by atoms with Crippen LogP contribution in [0.15, 0.2) is 18.2 Å².